The van der Waals surface area contributed by atoms with E-state index in [1.807, 2.05) is 0 Å². The number of halogens is 1. The van der Waals surface area contributed by atoms with Gasteiger partial charge < -0.3 is 4.74 Å². The Labute approximate surface area is 120 Å². The third-order valence-corrected chi connectivity index (χ3v) is 2.78. The number of nitro groups is 1. The first-order valence-electron chi connectivity index (χ1n) is 6.17. The van der Waals surface area contributed by atoms with Gasteiger partial charge in [0.15, 0.2) is 11.6 Å². The maximum atomic E-state index is 14.4. The predicted molar refractivity (Wildman–Crippen MR) is 74.0 cm³/mol. The van der Waals surface area contributed by atoms with Crippen LogP contribution in [-0.2, 0) is 11.2 Å². The number of carbonyl (C=O) groups excluding carboxylic acids is 1. The Kier molecular flexibility index (Phi) is 4.27. The Morgan fingerprint density at radius 1 is 1.24 bits per heavy atom. The number of carbonyl (C=O) groups is 1. The van der Waals surface area contributed by atoms with Gasteiger partial charge in [-0.15, -0.1) is 0 Å². The highest BCUT2D eigenvalue weighted by atomic mass is 19.1. The number of hydrogen-bond acceptors (Lipinski definition) is 4. The Morgan fingerprint density at radius 3 is 2.48 bits per heavy atom. The Hall–Kier alpha value is -2.76. The molecular weight excluding hydrogens is 277 g/mol. The summed E-state index contributed by atoms with van der Waals surface area (Å²) in [7, 11) is 0. The van der Waals surface area contributed by atoms with Crippen LogP contribution in [0, 0.1) is 15.9 Å². The third-order valence-electron chi connectivity index (χ3n) is 2.78. The molecule has 0 atom stereocenters. The zero-order valence-corrected chi connectivity index (χ0v) is 11.2. The third kappa shape index (κ3) is 3.42. The van der Waals surface area contributed by atoms with Crippen LogP contribution in [0.4, 0.5) is 10.1 Å². The van der Waals surface area contributed by atoms with Gasteiger partial charge in [0.05, 0.1) is 10.5 Å². The second-order valence-electron chi connectivity index (χ2n) is 4.43. The lowest BCUT2D eigenvalue weighted by molar-refractivity contribution is -0.385. The molecule has 0 aliphatic heterocycles. The molecule has 0 aliphatic rings. The standard InChI is InChI=1S/C15H12FNO4/c1-10(18)9-12-13(17(19)20)7-8-14(15(12)16)21-11-5-3-2-4-6-11/h2-8H,9H2,1H3. The summed E-state index contributed by atoms with van der Waals surface area (Å²) in [5, 5.41) is 10.9. The van der Waals surface area contributed by atoms with Crippen LogP contribution in [0.3, 0.4) is 0 Å². The molecule has 0 amide bonds. The zero-order chi connectivity index (χ0) is 15.4. The van der Waals surface area contributed by atoms with E-state index in [1.54, 1.807) is 30.3 Å². The van der Waals surface area contributed by atoms with Crippen LogP contribution < -0.4 is 4.74 Å². The smallest absolute Gasteiger partial charge is 0.276 e. The largest absolute Gasteiger partial charge is 0.454 e. The second-order valence-corrected chi connectivity index (χ2v) is 4.43. The van der Waals surface area contributed by atoms with E-state index in [0.717, 1.165) is 6.07 Å². The number of para-hydroxylation sites is 1. The summed E-state index contributed by atoms with van der Waals surface area (Å²) < 4.78 is 19.7. The molecule has 0 saturated heterocycles. The van der Waals surface area contributed by atoms with Crippen LogP contribution in [0.25, 0.3) is 0 Å². The van der Waals surface area contributed by atoms with Crippen molar-refractivity contribution in [1.29, 1.82) is 0 Å². The van der Waals surface area contributed by atoms with Crippen molar-refractivity contribution >= 4 is 11.5 Å². The molecular formula is C15H12FNO4. The quantitative estimate of drug-likeness (QED) is 0.622. The summed E-state index contributed by atoms with van der Waals surface area (Å²) in [4.78, 5) is 21.4. The van der Waals surface area contributed by atoms with E-state index in [-0.39, 0.29) is 23.5 Å². The average Bonchev–Trinajstić information content (AvgIpc) is 2.43. The lowest BCUT2D eigenvalue weighted by Gasteiger charge is -2.09. The number of nitrogens with zero attached hydrogens (tertiary/aromatic N) is 1. The minimum atomic E-state index is -0.886. The Bertz CT molecular complexity index is 686. The maximum Gasteiger partial charge on any atom is 0.276 e. The van der Waals surface area contributed by atoms with Crippen LogP contribution in [0.2, 0.25) is 0 Å². The number of benzene rings is 2. The van der Waals surface area contributed by atoms with Crippen LogP contribution in [0.5, 0.6) is 11.5 Å². The number of hydrogen-bond donors (Lipinski definition) is 0. The Balaban J connectivity index is 2.44. The minimum absolute atomic E-state index is 0.150. The number of ketones is 1. The van der Waals surface area contributed by atoms with E-state index in [1.165, 1.54) is 13.0 Å². The van der Waals surface area contributed by atoms with Crippen molar-refractivity contribution in [3.8, 4) is 11.5 Å². The molecule has 0 bridgehead atoms. The second kappa shape index (κ2) is 6.13. The SMILES string of the molecule is CC(=O)Cc1c([N+](=O)[O-])ccc(Oc2ccccc2)c1F. The molecule has 0 aliphatic carbocycles. The summed E-state index contributed by atoms with van der Waals surface area (Å²) in [6.07, 6.45) is -0.353. The molecule has 0 spiro atoms. The molecule has 0 fully saturated rings. The van der Waals surface area contributed by atoms with Crippen LogP contribution in [0.15, 0.2) is 42.5 Å². The molecule has 0 radical (unpaired) electrons. The maximum absolute atomic E-state index is 14.4. The predicted octanol–water partition coefficient (Wildman–Crippen LogP) is 3.66. The van der Waals surface area contributed by atoms with Crippen molar-refractivity contribution in [3.05, 3.63) is 64.0 Å². The lowest BCUT2D eigenvalue weighted by Crippen LogP contribution is -2.05. The van der Waals surface area contributed by atoms with E-state index in [2.05, 4.69) is 0 Å². The van der Waals surface area contributed by atoms with Crippen LogP contribution in [-0.4, -0.2) is 10.7 Å². The average molecular weight is 289 g/mol. The molecule has 2 aromatic rings. The summed E-state index contributed by atoms with van der Waals surface area (Å²) in [5.41, 5.74) is -0.691. The number of rotatable bonds is 5. The molecule has 0 saturated carbocycles. The van der Waals surface area contributed by atoms with Gasteiger partial charge in [-0.25, -0.2) is 4.39 Å². The van der Waals surface area contributed by atoms with Crippen LogP contribution in [0.1, 0.15) is 12.5 Å². The van der Waals surface area contributed by atoms with E-state index in [4.69, 9.17) is 4.74 Å². The molecule has 6 heteroatoms. The first kappa shape index (κ1) is 14.6. The number of Topliss-reactive ketones (excluding diaryl/α,β-unsaturated/α-hetero) is 1. The molecule has 0 heterocycles. The molecule has 0 unspecified atom stereocenters. The molecule has 21 heavy (non-hydrogen) atoms. The summed E-state index contributed by atoms with van der Waals surface area (Å²) in [5.74, 6) is -1.00. The van der Waals surface area contributed by atoms with Gasteiger partial charge in [-0.2, -0.15) is 0 Å². The van der Waals surface area contributed by atoms with Gasteiger partial charge in [-0.05, 0) is 25.1 Å². The molecule has 2 rings (SSSR count). The number of nitro benzene ring substituents is 1. The van der Waals surface area contributed by atoms with Gasteiger partial charge in [0.25, 0.3) is 5.69 Å². The molecule has 0 N–H and O–H groups in total. The van der Waals surface area contributed by atoms with Crippen LogP contribution >= 0.6 is 0 Å². The molecule has 5 nitrogen and oxygen atoms in total. The fraction of sp³-hybridized carbons (Fsp3) is 0.133. The van der Waals surface area contributed by atoms with Gasteiger partial charge in [-0.1, -0.05) is 18.2 Å². The topological polar surface area (TPSA) is 69.4 Å². The van der Waals surface area contributed by atoms with Gasteiger partial charge >= 0.3 is 0 Å². The van der Waals surface area contributed by atoms with Crippen molar-refractivity contribution in [2.45, 2.75) is 13.3 Å². The summed E-state index contributed by atoms with van der Waals surface area (Å²) >= 11 is 0. The fourth-order valence-corrected chi connectivity index (χ4v) is 1.87. The highest BCUT2D eigenvalue weighted by Crippen LogP contribution is 2.32. The Morgan fingerprint density at radius 2 is 1.90 bits per heavy atom. The van der Waals surface area contributed by atoms with Gasteiger partial charge in [0.2, 0.25) is 0 Å². The van der Waals surface area contributed by atoms with E-state index in [0.29, 0.717) is 5.75 Å². The first-order chi connectivity index (χ1) is 9.99. The van der Waals surface area contributed by atoms with E-state index < -0.39 is 16.4 Å². The zero-order valence-electron chi connectivity index (χ0n) is 11.2. The molecule has 108 valence electrons. The van der Waals surface area contributed by atoms with E-state index in [9.17, 15) is 19.3 Å². The summed E-state index contributed by atoms with van der Waals surface area (Å²) in [6, 6.07) is 10.8. The number of ether oxygens (including phenoxy) is 1. The normalized spacial score (nSPS) is 10.2. The van der Waals surface area contributed by atoms with Crippen molar-refractivity contribution in [2.24, 2.45) is 0 Å². The molecule has 2 aromatic carbocycles. The van der Waals surface area contributed by atoms with Gasteiger partial charge in [-0.3, -0.25) is 14.9 Å². The monoisotopic (exact) mass is 289 g/mol. The van der Waals surface area contributed by atoms with Gasteiger partial charge in [0, 0.05) is 12.5 Å². The van der Waals surface area contributed by atoms with Crippen molar-refractivity contribution in [1.82, 2.24) is 0 Å². The van der Waals surface area contributed by atoms with E-state index >= 15 is 0 Å². The first-order valence-corrected chi connectivity index (χ1v) is 6.17. The minimum Gasteiger partial charge on any atom is -0.454 e. The fourth-order valence-electron chi connectivity index (χ4n) is 1.87. The van der Waals surface area contributed by atoms with Gasteiger partial charge in [0.1, 0.15) is 11.5 Å². The highest BCUT2D eigenvalue weighted by molar-refractivity contribution is 5.79. The lowest BCUT2D eigenvalue weighted by atomic mass is 10.1. The van der Waals surface area contributed by atoms with Crippen molar-refractivity contribution in [3.63, 3.8) is 0 Å². The molecule has 0 aromatic heterocycles. The van der Waals surface area contributed by atoms with Crippen molar-refractivity contribution in [2.75, 3.05) is 0 Å². The summed E-state index contributed by atoms with van der Waals surface area (Å²) in [6.45, 7) is 1.24. The highest BCUT2D eigenvalue weighted by Gasteiger charge is 2.23. The van der Waals surface area contributed by atoms with Crippen molar-refractivity contribution < 1.29 is 18.8 Å².